The number of amides is 1. The molecule has 1 amide bonds. The van der Waals surface area contributed by atoms with Gasteiger partial charge in [-0.3, -0.25) is 9.59 Å². The van der Waals surface area contributed by atoms with Gasteiger partial charge >= 0.3 is 0 Å². The van der Waals surface area contributed by atoms with E-state index in [0.717, 1.165) is 17.7 Å². The Morgan fingerprint density at radius 2 is 1.96 bits per heavy atom. The quantitative estimate of drug-likeness (QED) is 0.849. The van der Waals surface area contributed by atoms with E-state index in [1.165, 1.54) is 13.2 Å². The first-order chi connectivity index (χ1) is 11.6. The van der Waals surface area contributed by atoms with Gasteiger partial charge in [0, 0.05) is 24.8 Å². The summed E-state index contributed by atoms with van der Waals surface area (Å²) in [7, 11) is 1.53. The minimum Gasteiger partial charge on any atom is -0.496 e. The van der Waals surface area contributed by atoms with E-state index in [4.69, 9.17) is 4.74 Å². The summed E-state index contributed by atoms with van der Waals surface area (Å²) in [5.74, 6) is 0.371. The lowest BCUT2D eigenvalue weighted by Crippen LogP contribution is -2.34. The number of methoxy groups -OCH3 is 1. The van der Waals surface area contributed by atoms with Crippen molar-refractivity contribution in [1.82, 2.24) is 9.88 Å². The van der Waals surface area contributed by atoms with Gasteiger partial charge < -0.3 is 14.6 Å². The Balaban J connectivity index is 1.99. The van der Waals surface area contributed by atoms with Gasteiger partial charge in [-0.05, 0) is 25.0 Å². The third kappa shape index (κ3) is 4.25. The molecule has 2 aromatic rings. The number of nitrogens with one attached hydrogen (secondary N) is 1. The minimum atomic E-state index is -0.167. The molecule has 5 heteroatoms. The number of hydrogen-bond acceptors (Lipinski definition) is 3. The summed E-state index contributed by atoms with van der Waals surface area (Å²) < 4.78 is 6.72. The number of carbonyl (C=O) groups excluding carboxylic acids is 1. The standard InChI is InChI=1S/C19H24N2O3/c1-4-17(15-8-6-5-7-9-15)19(23)20-10-11-21-14(2)12-16(24-3)13-18(21)22/h5-9,12-13,17H,4,10-11H2,1-3H3,(H,20,23)/t17-/m0/s1. The SMILES string of the molecule is CC[C@H](C(=O)NCCn1c(C)cc(OC)cc1=O)c1ccccc1. The van der Waals surface area contributed by atoms with E-state index in [1.807, 2.05) is 50.2 Å². The fourth-order valence-corrected chi connectivity index (χ4v) is 2.78. The van der Waals surface area contributed by atoms with Gasteiger partial charge in [0.2, 0.25) is 5.91 Å². The van der Waals surface area contributed by atoms with Crippen LogP contribution in [-0.4, -0.2) is 24.1 Å². The molecule has 0 saturated carbocycles. The molecule has 1 heterocycles. The lowest BCUT2D eigenvalue weighted by Gasteiger charge is -2.16. The van der Waals surface area contributed by atoms with E-state index in [-0.39, 0.29) is 17.4 Å². The summed E-state index contributed by atoms with van der Waals surface area (Å²) >= 11 is 0. The van der Waals surface area contributed by atoms with Crippen LogP contribution in [0.1, 0.15) is 30.5 Å². The summed E-state index contributed by atoms with van der Waals surface area (Å²) in [6.45, 7) is 4.70. The van der Waals surface area contributed by atoms with E-state index in [0.29, 0.717) is 18.8 Å². The second kappa shape index (κ2) is 8.34. The Hall–Kier alpha value is -2.56. The highest BCUT2D eigenvalue weighted by molar-refractivity contribution is 5.83. The first kappa shape index (κ1) is 17.8. The van der Waals surface area contributed by atoms with Gasteiger partial charge in [-0.2, -0.15) is 0 Å². The van der Waals surface area contributed by atoms with Crippen molar-refractivity contribution >= 4 is 5.91 Å². The minimum absolute atomic E-state index is 0.0112. The summed E-state index contributed by atoms with van der Waals surface area (Å²) in [5, 5.41) is 2.93. The summed E-state index contributed by atoms with van der Waals surface area (Å²) in [6.07, 6.45) is 0.733. The van der Waals surface area contributed by atoms with Crippen LogP contribution in [0.25, 0.3) is 0 Å². The zero-order chi connectivity index (χ0) is 17.5. The molecule has 0 aliphatic heterocycles. The van der Waals surface area contributed by atoms with Crippen molar-refractivity contribution < 1.29 is 9.53 Å². The number of ether oxygens (including phenoxy) is 1. The van der Waals surface area contributed by atoms with E-state index in [2.05, 4.69) is 5.32 Å². The zero-order valence-electron chi connectivity index (χ0n) is 14.4. The molecule has 0 bridgehead atoms. The molecular formula is C19H24N2O3. The van der Waals surface area contributed by atoms with Crippen LogP contribution in [0.5, 0.6) is 5.75 Å². The number of aromatic nitrogens is 1. The zero-order valence-corrected chi connectivity index (χ0v) is 14.4. The molecule has 2 rings (SSSR count). The molecular weight excluding hydrogens is 304 g/mol. The Morgan fingerprint density at radius 3 is 2.54 bits per heavy atom. The molecule has 0 radical (unpaired) electrons. The maximum absolute atomic E-state index is 12.4. The lowest BCUT2D eigenvalue weighted by atomic mass is 9.96. The second-order valence-corrected chi connectivity index (χ2v) is 5.69. The van der Waals surface area contributed by atoms with Crippen molar-refractivity contribution in [3.8, 4) is 5.75 Å². The Labute approximate surface area is 142 Å². The highest BCUT2D eigenvalue weighted by Crippen LogP contribution is 2.19. The van der Waals surface area contributed by atoms with Crippen LogP contribution in [0.15, 0.2) is 47.3 Å². The Bertz CT molecular complexity index is 738. The van der Waals surface area contributed by atoms with E-state index < -0.39 is 0 Å². The molecule has 5 nitrogen and oxygen atoms in total. The van der Waals surface area contributed by atoms with Crippen LogP contribution in [0.3, 0.4) is 0 Å². The maximum atomic E-state index is 12.4. The Morgan fingerprint density at radius 1 is 1.25 bits per heavy atom. The monoisotopic (exact) mass is 328 g/mol. The lowest BCUT2D eigenvalue weighted by molar-refractivity contribution is -0.122. The van der Waals surface area contributed by atoms with Crippen molar-refractivity contribution in [1.29, 1.82) is 0 Å². The predicted octanol–water partition coefficient (Wildman–Crippen LogP) is 2.48. The molecule has 1 aromatic carbocycles. The summed E-state index contributed by atoms with van der Waals surface area (Å²) in [5.41, 5.74) is 1.69. The third-order valence-corrected chi connectivity index (χ3v) is 4.11. The van der Waals surface area contributed by atoms with E-state index in [9.17, 15) is 9.59 Å². The van der Waals surface area contributed by atoms with Gasteiger partial charge in [-0.15, -0.1) is 0 Å². The molecule has 0 saturated heterocycles. The third-order valence-electron chi connectivity index (χ3n) is 4.11. The van der Waals surface area contributed by atoms with E-state index in [1.54, 1.807) is 4.57 Å². The highest BCUT2D eigenvalue weighted by atomic mass is 16.5. The first-order valence-electron chi connectivity index (χ1n) is 8.15. The normalized spacial score (nSPS) is 11.8. The highest BCUT2D eigenvalue weighted by Gasteiger charge is 2.17. The van der Waals surface area contributed by atoms with Gasteiger partial charge in [0.25, 0.3) is 5.56 Å². The molecule has 1 N–H and O–H groups in total. The van der Waals surface area contributed by atoms with Crippen molar-refractivity contribution in [2.75, 3.05) is 13.7 Å². The fraction of sp³-hybridized carbons (Fsp3) is 0.368. The molecule has 128 valence electrons. The van der Waals surface area contributed by atoms with Crippen molar-refractivity contribution in [3.05, 3.63) is 64.1 Å². The molecule has 0 aliphatic rings. The number of rotatable bonds is 7. The summed E-state index contributed by atoms with van der Waals surface area (Å²) in [4.78, 5) is 24.5. The number of pyridine rings is 1. The number of aryl methyl sites for hydroxylation is 1. The smallest absolute Gasteiger partial charge is 0.254 e. The molecule has 0 fully saturated rings. The maximum Gasteiger partial charge on any atom is 0.254 e. The van der Waals surface area contributed by atoms with Gasteiger partial charge in [0.05, 0.1) is 13.0 Å². The molecule has 0 spiro atoms. The first-order valence-corrected chi connectivity index (χ1v) is 8.15. The number of nitrogens with zero attached hydrogens (tertiary/aromatic N) is 1. The van der Waals surface area contributed by atoms with Crippen LogP contribution in [0.2, 0.25) is 0 Å². The van der Waals surface area contributed by atoms with Crippen LogP contribution in [-0.2, 0) is 11.3 Å². The second-order valence-electron chi connectivity index (χ2n) is 5.69. The van der Waals surface area contributed by atoms with Crippen LogP contribution >= 0.6 is 0 Å². The molecule has 1 atom stereocenters. The van der Waals surface area contributed by atoms with E-state index >= 15 is 0 Å². The number of hydrogen-bond donors (Lipinski definition) is 1. The van der Waals surface area contributed by atoms with Crippen molar-refractivity contribution in [2.45, 2.75) is 32.7 Å². The van der Waals surface area contributed by atoms with Crippen LogP contribution in [0.4, 0.5) is 0 Å². The van der Waals surface area contributed by atoms with Crippen LogP contribution < -0.4 is 15.6 Å². The fourth-order valence-electron chi connectivity index (χ4n) is 2.78. The van der Waals surface area contributed by atoms with Gasteiger partial charge in [-0.1, -0.05) is 37.3 Å². The van der Waals surface area contributed by atoms with Crippen LogP contribution in [0, 0.1) is 6.92 Å². The molecule has 24 heavy (non-hydrogen) atoms. The molecule has 0 aliphatic carbocycles. The number of carbonyl (C=O) groups is 1. The average Bonchev–Trinajstić information content (AvgIpc) is 2.58. The largest absolute Gasteiger partial charge is 0.496 e. The molecule has 0 unspecified atom stereocenters. The topological polar surface area (TPSA) is 60.3 Å². The molecule has 1 aromatic heterocycles. The predicted molar refractivity (Wildman–Crippen MR) is 94.5 cm³/mol. The van der Waals surface area contributed by atoms with Gasteiger partial charge in [0.15, 0.2) is 0 Å². The van der Waals surface area contributed by atoms with Crippen molar-refractivity contribution in [2.24, 2.45) is 0 Å². The van der Waals surface area contributed by atoms with Gasteiger partial charge in [-0.25, -0.2) is 0 Å². The van der Waals surface area contributed by atoms with Gasteiger partial charge in [0.1, 0.15) is 5.75 Å². The Kier molecular flexibility index (Phi) is 6.18. The summed E-state index contributed by atoms with van der Waals surface area (Å²) in [6, 6.07) is 13.0. The van der Waals surface area contributed by atoms with Crippen molar-refractivity contribution in [3.63, 3.8) is 0 Å². The number of benzene rings is 1. The average molecular weight is 328 g/mol.